The van der Waals surface area contributed by atoms with E-state index in [-0.39, 0.29) is 41.5 Å². The summed E-state index contributed by atoms with van der Waals surface area (Å²) >= 11 is 0. The Balaban J connectivity index is 1.60. The molecule has 3 rings (SSSR count). The highest BCUT2D eigenvalue weighted by atomic mass is 16.3. The molecular formula is C19H22N2O5. The molecule has 2 aromatic carbocycles. The van der Waals surface area contributed by atoms with Crippen molar-refractivity contribution < 1.29 is 25.2 Å². The van der Waals surface area contributed by atoms with E-state index in [9.17, 15) is 25.2 Å². The second kappa shape index (κ2) is 7.53. The number of nitrogens with one attached hydrogen (secondary N) is 1. The molecule has 0 spiro atoms. The van der Waals surface area contributed by atoms with Crippen molar-refractivity contribution in [2.45, 2.75) is 32.0 Å². The van der Waals surface area contributed by atoms with Gasteiger partial charge in [-0.2, -0.15) is 0 Å². The number of phenolic OH excluding ortho intramolecular Hbond substituents is 4. The van der Waals surface area contributed by atoms with Crippen LogP contribution in [-0.2, 0) is 17.9 Å². The van der Waals surface area contributed by atoms with Crippen molar-refractivity contribution in [1.29, 1.82) is 0 Å². The molecule has 0 aromatic heterocycles. The molecule has 1 fully saturated rings. The zero-order valence-corrected chi connectivity index (χ0v) is 14.2. The molecule has 1 amide bonds. The van der Waals surface area contributed by atoms with E-state index in [4.69, 9.17) is 0 Å². The average molecular weight is 358 g/mol. The summed E-state index contributed by atoms with van der Waals surface area (Å²) in [6.07, 6.45) is 1.65. The van der Waals surface area contributed by atoms with Gasteiger partial charge in [0.25, 0.3) is 0 Å². The van der Waals surface area contributed by atoms with E-state index >= 15 is 0 Å². The maximum absolute atomic E-state index is 12.5. The minimum atomic E-state index is -0.267. The summed E-state index contributed by atoms with van der Waals surface area (Å²) in [7, 11) is 0. The fourth-order valence-electron chi connectivity index (χ4n) is 3.20. The normalized spacial score (nSPS) is 17.3. The van der Waals surface area contributed by atoms with Gasteiger partial charge in [-0.15, -0.1) is 0 Å². The molecule has 0 bridgehead atoms. The first-order chi connectivity index (χ1) is 12.4. The van der Waals surface area contributed by atoms with Gasteiger partial charge in [0.2, 0.25) is 5.91 Å². The molecule has 7 heteroatoms. The van der Waals surface area contributed by atoms with Gasteiger partial charge in [-0.1, -0.05) is 12.1 Å². The number of hydrogen-bond acceptors (Lipinski definition) is 6. The lowest BCUT2D eigenvalue weighted by Crippen LogP contribution is -2.42. The molecule has 2 aromatic rings. The van der Waals surface area contributed by atoms with Gasteiger partial charge < -0.3 is 25.7 Å². The van der Waals surface area contributed by atoms with Crippen molar-refractivity contribution in [2.24, 2.45) is 0 Å². The molecular weight excluding hydrogens is 336 g/mol. The summed E-state index contributed by atoms with van der Waals surface area (Å²) in [6, 6.07) is 8.84. The van der Waals surface area contributed by atoms with Gasteiger partial charge in [-0.3, -0.25) is 9.69 Å². The maximum Gasteiger partial charge on any atom is 0.237 e. The number of aromatic hydroxyl groups is 4. The molecule has 1 atom stereocenters. The zero-order valence-electron chi connectivity index (χ0n) is 14.2. The van der Waals surface area contributed by atoms with Crippen LogP contribution in [0, 0.1) is 0 Å². The number of amides is 1. The van der Waals surface area contributed by atoms with Crippen LogP contribution in [0.15, 0.2) is 36.4 Å². The molecule has 7 nitrogen and oxygen atoms in total. The Morgan fingerprint density at radius 2 is 1.58 bits per heavy atom. The lowest BCUT2D eigenvalue weighted by Gasteiger charge is -2.24. The molecule has 1 heterocycles. The molecule has 0 radical (unpaired) electrons. The van der Waals surface area contributed by atoms with Gasteiger partial charge in [0, 0.05) is 13.1 Å². The topological polar surface area (TPSA) is 113 Å². The second-order valence-electron chi connectivity index (χ2n) is 6.49. The molecule has 1 unspecified atom stereocenters. The van der Waals surface area contributed by atoms with E-state index < -0.39 is 0 Å². The molecule has 0 aliphatic carbocycles. The first kappa shape index (κ1) is 17.9. The van der Waals surface area contributed by atoms with E-state index in [1.54, 1.807) is 12.1 Å². The van der Waals surface area contributed by atoms with Crippen LogP contribution >= 0.6 is 0 Å². The number of nitrogens with zero attached hydrogens (tertiary/aromatic N) is 1. The number of likely N-dealkylation sites (tertiary alicyclic amines) is 1. The Bertz CT molecular complexity index is 809. The third kappa shape index (κ3) is 4.00. The van der Waals surface area contributed by atoms with Gasteiger partial charge in [-0.05, 0) is 54.8 Å². The third-order valence-electron chi connectivity index (χ3n) is 4.60. The van der Waals surface area contributed by atoms with E-state index in [1.807, 2.05) is 4.90 Å². The molecule has 138 valence electrons. The molecule has 1 aliphatic rings. The molecule has 0 saturated carbocycles. The monoisotopic (exact) mass is 358 g/mol. The summed E-state index contributed by atoms with van der Waals surface area (Å²) in [4.78, 5) is 14.6. The Morgan fingerprint density at radius 3 is 2.23 bits per heavy atom. The van der Waals surface area contributed by atoms with Gasteiger partial charge >= 0.3 is 0 Å². The van der Waals surface area contributed by atoms with Crippen LogP contribution in [0.4, 0.5) is 0 Å². The standard InChI is InChI=1S/C19H22N2O5/c22-15-5-3-12(8-17(15)24)10-20-19(26)14-2-1-7-21(14)11-13-4-6-16(23)18(25)9-13/h3-6,8-9,14,22-25H,1-2,7,10-11H2,(H,20,26). The van der Waals surface area contributed by atoms with Crippen molar-refractivity contribution in [3.05, 3.63) is 47.5 Å². The lowest BCUT2D eigenvalue weighted by molar-refractivity contribution is -0.125. The van der Waals surface area contributed by atoms with Crippen LogP contribution in [0.3, 0.4) is 0 Å². The fraction of sp³-hybridized carbons (Fsp3) is 0.316. The Hall–Kier alpha value is -2.93. The summed E-state index contributed by atoms with van der Waals surface area (Å²) in [5.41, 5.74) is 1.52. The number of hydrogen-bond donors (Lipinski definition) is 5. The Morgan fingerprint density at radius 1 is 0.962 bits per heavy atom. The predicted octanol–water partition coefficient (Wildman–Crippen LogP) is 1.79. The molecule has 26 heavy (non-hydrogen) atoms. The lowest BCUT2D eigenvalue weighted by atomic mass is 10.1. The fourth-order valence-corrected chi connectivity index (χ4v) is 3.20. The van der Waals surface area contributed by atoms with Crippen LogP contribution in [0.25, 0.3) is 0 Å². The van der Waals surface area contributed by atoms with Crippen LogP contribution in [-0.4, -0.2) is 43.8 Å². The van der Waals surface area contributed by atoms with E-state index in [0.717, 1.165) is 24.9 Å². The third-order valence-corrected chi connectivity index (χ3v) is 4.60. The van der Waals surface area contributed by atoms with Crippen LogP contribution in [0.5, 0.6) is 23.0 Å². The van der Waals surface area contributed by atoms with Crippen LogP contribution in [0.2, 0.25) is 0 Å². The summed E-state index contributed by atoms with van der Waals surface area (Å²) in [5.74, 6) is -0.847. The highest BCUT2D eigenvalue weighted by Gasteiger charge is 2.30. The Labute approximate surface area is 151 Å². The molecule has 1 saturated heterocycles. The summed E-state index contributed by atoms with van der Waals surface area (Å²) in [5, 5.41) is 40.7. The summed E-state index contributed by atoms with van der Waals surface area (Å²) < 4.78 is 0. The average Bonchev–Trinajstić information content (AvgIpc) is 3.07. The van der Waals surface area contributed by atoms with Crippen molar-refractivity contribution in [3.8, 4) is 23.0 Å². The number of benzene rings is 2. The van der Waals surface area contributed by atoms with Crippen molar-refractivity contribution in [1.82, 2.24) is 10.2 Å². The van der Waals surface area contributed by atoms with Crippen LogP contribution in [0.1, 0.15) is 24.0 Å². The maximum atomic E-state index is 12.5. The largest absolute Gasteiger partial charge is 0.504 e. The number of carbonyl (C=O) groups excluding carboxylic acids is 1. The minimum Gasteiger partial charge on any atom is -0.504 e. The van der Waals surface area contributed by atoms with Gasteiger partial charge in [0.15, 0.2) is 23.0 Å². The van der Waals surface area contributed by atoms with Crippen molar-refractivity contribution in [3.63, 3.8) is 0 Å². The SMILES string of the molecule is O=C(NCc1ccc(O)c(O)c1)C1CCCN1Cc1ccc(O)c(O)c1. The molecule has 5 N–H and O–H groups in total. The van der Waals surface area contributed by atoms with E-state index in [1.165, 1.54) is 24.3 Å². The summed E-state index contributed by atoms with van der Waals surface area (Å²) in [6.45, 7) is 1.54. The molecule has 1 aliphatic heterocycles. The number of carbonyl (C=O) groups is 1. The first-order valence-corrected chi connectivity index (χ1v) is 8.47. The number of phenols is 4. The van der Waals surface area contributed by atoms with E-state index in [2.05, 4.69) is 5.32 Å². The van der Waals surface area contributed by atoms with Crippen LogP contribution < -0.4 is 5.32 Å². The number of rotatable bonds is 5. The van der Waals surface area contributed by atoms with E-state index in [0.29, 0.717) is 12.1 Å². The minimum absolute atomic E-state index is 0.0990. The van der Waals surface area contributed by atoms with Crippen molar-refractivity contribution in [2.75, 3.05) is 6.54 Å². The van der Waals surface area contributed by atoms with Gasteiger partial charge in [0.1, 0.15) is 0 Å². The van der Waals surface area contributed by atoms with Crippen molar-refractivity contribution >= 4 is 5.91 Å². The zero-order chi connectivity index (χ0) is 18.7. The smallest absolute Gasteiger partial charge is 0.237 e. The highest BCUT2D eigenvalue weighted by Crippen LogP contribution is 2.28. The Kier molecular flexibility index (Phi) is 5.18. The predicted molar refractivity (Wildman–Crippen MR) is 94.8 cm³/mol. The van der Waals surface area contributed by atoms with Gasteiger partial charge in [0.05, 0.1) is 6.04 Å². The quantitative estimate of drug-likeness (QED) is 0.521. The van der Waals surface area contributed by atoms with Gasteiger partial charge in [-0.25, -0.2) is 0 Å². The first-order valence-electron chi connectivity index (χ1n) is 8.47. The second-order valence-corrected chi connectivity index (χ2v) is 6.49. The highest BCUT2D eigenvalue weighted by molar-refractivity contribution is 5.82.